The van der Waals surface area contributed by atoms with Crippen molar-refractivity contribution in [1.29, 1.82) is 0 Å². The summed E-state index contributed by atoms with van der Waals surface area (Å²) in [6, 6.07) is 18.4. The lowest BCUT2D eigenvalue weighted by Crippen LogP contribution is -2.22. The van der Waals surface area contributed by atoms with Crippen LogP contribution >= 0.6 is 11.8 Å². The zero-order valence-corrected chi connectivity index (χ0v) is 18.3. The van der Waals surface area contributed by atoms with Gasteiger partial charge in [0.05, 0.1) is 16.6 Å². The molecule has 0 N–H and O–H groups in total. The van der Waals surface area contributed by atoms with Crippen LogP contribution in [0.4, 0.5) is 8.78 Å². The molecule has 0 atom stereocenters. The van der Waals surface area contributed by atoms with Crippen LogP contribution in [-0.4, -0.2) is 9.55 Å². The molecule has 0 bridgehead atoms. The maximum absolute atomic E-state index is 14.6. The first-order chi connectivity index (χ1) is 14.7. The minimum absolute atomic E-state index is 0.0183. The number of hydrogen-bond donors (Lipinski definition) is 0. The molecule has 1 aromatic heterocycles. The molecule has 0 saturated carbocycles. The second kappa shape index (κ2) is 8.27. The van der Waals surface area contributed by atoms with Crippen molar-refractivity contribution in [1.82, 2.24) is 9.55 Å². The van der Waals surface area contributed by atoms with Crippen LogP contribution < -0.4 is 5.56 Å². The maximum Gasteiger partial charge on any atom is 0.266 e. The summed E-state index contributed by atoms with van der Waals surface area (Å²) in [5.41, 5.74) is 2.49. The Balaban J connectivity index is 1.77. The zero-order valence-electron chi connectivity index (χ0n) is 17.5. The van der Waals surface area contributed by atoms with Gasteiger partial charge in [0, 0.05) is 11.8 Å². The molecule has 4 aromatic rings. The molecule has 0 amide bonds. The SMILES string of the molecule is CC(C)(C)c1ccc(CSc2nc3ccccc3c(=O)n2-c2ccc(F)cc2F)cc1. The van der Waals surface area contributed by atoms with Crippen molar-refractivity contribution in [3.05, 3.63) is 99.8 Å². The van der Waals surface area contributed by atoms with E-state index in [1.165, 1.54) is 28.0 Å². The van der Waals surface area contributed by atoms with Crippen LogP contribution in [0.2, 0.25) is 0 Å². The van der Waals surface area contributed by atoms with Gasteiger partial charge in [0.15, 0.2) is 5.16 Å². The molecule has 0 saturated heterocycles. The number of thioether (sulfide) groups is 1. The minimum atomic E-state index is -0.810. The van der Waals surface area contributed by atoms with Crippen LogP contribution in [0.25, 0.3) is 16.6 Å². The van der Waals surface area contributed by atoms with Gasteiger partial charge in [0.2, 0.25) is 0 Å². The maximum atomic E-state index is 14.6. The molecular formula is C25H22F2N2OS. The van der Waals surface area contributed by atoms with Gasteiger partial charge in [-0.25, -0.2) is 13.8 Å². The van der Waals surface area contributed by atoms with Gasteiger partial charge >= 0.3 is 0 Å². The molecule has 0 spiro atoms. The van der Waals surface area contributed by atoms with E-state index in [1.54, 1.807) is 24.3 Å². The second-order valence-electron chi connectivity index (χ2n) is 8.38. The number of aromatic nitrogens is 2. The average Bonchev–Trinajstić information content (AvgIpc) is 2.73. The van der Waals surface area contributed by atoms with Gasteiger partial charge in [0.25, 0.3) is 5.56 Å². The molecule has 1 heterocycles. The highest BCUT2D eigenvalue weighted by atomic mass is 32.2. The van der Waals surface area contributed by atoms with E-state index in [4.69, 9.17) is 0 Å². The highest BCUT2D eigenvalue weighted by Crippen LogP contribution is 2.28. The Bertz CT molecular complexity index is 1310. The number of rotatable bonds is 4. The Morgan fingerprint density at radius 3 is 2.35 bits per heavy atom. The van der Waals surface area contributed by atoms with Crippen LogP contribution in [0.1, 0.15) is 31.9 Å². The predicted octanol–water partition coefficient (Wildman–Crippen LogP) is 6.25. The molecular weight excluding hydrogens is 414 g/mol. The summed E-state index contributed by atoms with van der Waals surface area (Å²) in [6.07, 6.45) is 0. The molecule has 0 unspecified atom stereocenters. The molecule has 6 heteroatoms. The zero-order chi connectivity index (χ0) is 22.2. The van der Waals surface area contributed by atoms with Crippen molar-refractivity contribution in [3.8, 4) is 5.69 Å². The van der Waals surface area contributed by atoms with Crippen molar-refractivity contribution in [3.63, 3.8) is 0 Å². The van der Waals surface area contributed by atoms with Crippen molar-refractivity contribution in [2.45, 2.75) is 37.1 Å². The fraction of sp³-hybridized carbons (Fsp3) is 0.200. The van der Waals surface area contributed by atoms with E-state index in [1.807, 2.05) is 0 Å². The minimum Gasteiger partial charge on any atom is -0.268 e. The molecule has 0 fully saturated rings. The van der Waals surface area contributed by atoms with E-state index in [2.05, 4.69) is 50.0 Å². The molecule has 31 heavy (non-hydrogen) atoms. The van der Waals surface area contributed by atoms with Crippen molar-refractivity contribution >= 4 is 22.7 Å². The van der Waals surface area contributed by atoms with Crippen molar-refractivity contribution < 1.29 is 8.78 Å². The lowest BCUT2D eigenvalue weighted by Gasteiger charge is -2.19. The van der Waals surface area contributed by atoms with Gasteiger partial charge < -0.3 is 0 Å². The standard InChI is InChI=1S/C25H22F2N2OS/c1-25(2,3)17-10-8-16(9-11-17)15-31-24-28-21-7-5-4-6-19(21)23(30)29(24)22-13-12-18(26)14-20(22)27/h4-14H,15H2,1-3H3. The fourth-order valence-corrected chi connectivity index (χ4v) is 4.29. The highest BCUT2D eigenvalue weighted by molar-refractivity contribution is 7.98. The molecule has 0 aliphatic heterocycles. The van der Waals surface area contributed by atoms with Crippen molar-refractivity contribution in [2.75, 3.05) is 0 Å². The van der Waals surface area contributed by atoms with Gasteiger partial charge in [-0.1, -0.05) is 68.9 Å². The Labute approximate surface area is 183 Å². The molecule has 3 aromatic carbocycles. The summed E-state index contributed by atoms with van der Waals surface area (Å²) in [5.74, 6) is -0.954. The molecule has 0 aliphatic rings. The summed E-state index contributed by atoms with van der Waals surface area (Å²) < 4.78 is 29.3. The number of hydrogen-bond acceptors (Lipinski definition) is 3. The van der Waals surface area contributed by atoms with E-state index in [9.17, 15) is 13.6 Å². The Morgan fingerprint density at radius 1 is 0.968 bits per heavy atom. The number of nitrogens with zero attached hydrogens (tertiary/aromatic N) is 2. The first kappa shape index (κ1) is 21.2. The van der Waals surface area contributed by atoms with E-state index in [0.717, 1.165) is 17.7 Å². The van der Waals surface area contributed by atoms with Crippen molar-refractivity contribution in [2.24, 2.45) is 0 Å². The third kappa shape index (κ3) is 4.39. The first-order valence-corrected chi connectivity index (χ1v) is 10.9. The lowest BCUT2D eigenvalue weighted by atomic mass is 9.87. The van der Waals surface area contributed by atoms with Crippen LogP contribution in [0.5, 0.6) is 0 Å². The molecule has 4 rings (SSSR count). The summed E-state index contributed by atoms with van der Waals surface area (Å²) >= 11 is 1.34. The number of fused-ring (bicyclic) bond motifs is 1. The van der Waals surface area contributed by atoms with Crippen LogP contribution in [0.15, 0.2) is 76.7 Å². The summed E-state index contributed by atoms with van der Waals surface area (Å²) in [7, 11) is 0. The molecule has 158 valence electrons. The van der Waals surface area contributed by atoms with Crippen LogP contribution in [0, 0.1) is 11.6 Å². The van der Waals surface area contributed by atoms with Gasteiger partial charge in [-0.2, -0.15) is 0 Å². The largest absolute Gasteiger partial charge is 0.268 e. The van der Waals surface area contributed by atoms with Crippen LogP contribution in [-0.2, 0) is 11.2 Å². The Hall–Kier alpha value is -2.99. The van der Waals surface area contributed by atoms with E-state index >= 15 is 0 Å². The second-order valence-corrected chi connectivity index (χ2v) is 9.33. The normalized spacial score (nSPS) is 11.8. The van der Waals surface area contributed by atoms with E-state index in [0.29, 0.717) is 21.8 Å². The molecule has 0 aliphatic carbocycles. The Kier molecular flexibility index (Phi) is 5.67. The Morgan fingerprint density at radius 2 is 1.68 bits per heavy atom. The van der Waals surface area contributed by atoms with E-state index < -0.39 is 11.6 Å². The first-order valence-electron chi connectivity index (χ1n) is 9.93. The number of benzene rings is 3. The average molecular weight is 437 g/mol. The predicted molar refractivity (Wildman–Crippen MR) is 122 cm³/mol. The topological polar surface area (TPSA) is 34.9 Å². The number of halogens is 2. The number of para-hydroxylation sites is 1. The van der Waals surface area contributed by atoms with Gasteiger partial charge in [-0.05, 0) is 40.8 Å². The quantitative estimate of drug-likeness (QED) is 0.280. The van der Waals surface area contributed by atoms with Gasteiger partial charge in [0.1, 0.15) is 11.6 Å². The third-order valence-electron chi connectivity index (χ3n) is 5.08. The molecule has 0 radical (unpaired) electrons. The monoisotopic (exact) mass is 436 g/mol. The molecule has 3 nitrogen and oxygen atoms in total. The lowest BCUT2D eigenvalue weighted by molar-refractivity contribution is 0.572. The van der Waals surface area contributed by atoms with Gasteiger partial charge in [-0.3, -0.25) is 9.36 Å². The highest BCUT2D eigenvalue weighted by Gasteiger charge is 2.17. The summed E-state index contributed by atoms with van der Waals surface area (Å²) in [4.78, 5) is 17.8. The van der Waals surface area contributed by atoms with E-state index in [-0.39, 0.29) is 16.7 Å². The summed E-state index contributed by atoms with van der Waals surface area (Å²) in [5, 5.41) is 0.735. The fourth-order valence-electron chi connectivity index (χ4n) is 3.33. The summed E-state index contributed by atoms with van der Waals surface area (Å²) in [6.45, 7) is 6.48. The van der Waals surface area contributed by atoms with Crippen LogP contribution in [0.3, 0.4) is 0 Å². The van der Waals surface area contributed by atoms with Gasteiger partial charge in [-0.15, -0.1) is 0 Å². The third-order valence-corrected chi connectivity index (χ3v) is 6.09. The smallest absolute Gasteiger partial charge is 0.266 e.